The fourth-order valence-corrected chi connectivity index (χ4v) is 2.10. The normalized spacial score (nSPS) is 14.8. The molecule has 0 amide bonds. The second-order valence-electron chi connectivity index (χ2n) is 4.95. The van der Waals surface area contributed by atoms with Crippen LogP contribution in [0.25, 0.3) is 0 Å². The molecule has 0 saturated heterocycles. The van der Waals surface area contributed by atoms with Gasteiger partial charge in [-0.3, -0.25) is 4.68 Å². The molecule has 2 unspecified atom stereocenters. The van der Waals surface area contributed by atoms with E-state index in [9.17, 15) is 0 Å². The van der Waals surface area contributed by atoms with Crippen molar-refractivity contribution in [1.82, 2.24) is 15.1 Å². The number of hydrogen-bond acceptors (Lipinski definition) is 2. The van der Waals surface area contributed by atoms with Gasteiger partial charge in [-0.25, -0.2) is 0 Å². The van der Waals surface area contributed by atoms with Gasteiger partial charge in [0.05, 0.1) is 0 Å². The van der Waals surface area contributed by atoms with Gasteiger partial charge in [0.2, 0.25) is 0 Å². The van der Waals surface area contributed by atoms with E-state index in [0.717, 1.165) is 26.1 Å². The first-order valence-corrected chi connectivity index (χ1v) is 6.93. The smallest absolute Gasteiger partial charge is 0.0492 e. The van der Waals surface area contributed by atoms with Crippen molar-refractivity contribution in [2.24, 2.45) is 5.92 Å². The summed E-state index contributed by atoms with van der Waals surface area (Å²) in [5.41, 5.74) is 1.37. The van der Waals surface area contributed by atoms with Crippen molar-refractivity contribution in [3.63, 3.8) is 0 Å². The largest absolute Gasteiger partial charge is 0.316 e. The summed E-state index contributed by atoms with van der Waals surface area (Å²) >= 11 is 0. The molecule has 3 heteroatoms. The van der Waals surface area contributed by atoms with E-state index in [1.165, 1.54) is 12.1 Å². The summed E-state index contributed by atoms with van der Waals surface area (Å²) in [7, 11) is 0. The van der Waals surface area contributed by atoms with Crippen molar-refractivity contribution >= 4 is 0 Å². The van der Waals surface area contributed by atoms with Gasteiger partial charge in [-0.15, -0.1) is 0 Å². The molecule has 0 aliphatic heterocycles. The van der Waals surface area contributed by atoms with E-state index in [1.807, 2.05) is 6.20 Å². The molecular weight excluding hydrogens is 210 g/mol. The van der Waals surface area contributed by atoms with Gasteiger partial charge in [0.25, 0.3) is 0 Å². The van der Waals surface area contributed by atoms with Crippen molar-refractivity contribution in [3.8, 4) is 0 Å². The summed E-state index contributed by atoms with van der Waals surface area (Å²) in [6.45, 7) is 12.3. The predicted octanol–water partition coefficient (Wildman–Crippen LogP) is 3.03. The summed E-state index contributed by atoms with van der Waals surface area (Å²) in [6, 6.07) is 2.16. The van der Waals surface area contributed by atoms with Gasteiger partial charge in [0.15, 0.2) is 0 Å². The van der Waals surface area contributed by atoms with Gasteiger partial charge in [-0.1, -0.05) is 27.7 Å². The highest BCUT2D eigenvalue weighted by molar-refractivity contribution is 5.08. The van der Waals surface area contributed by atoms with Gasteiger partial charge in [0.1, 0.15) is 0 Å². The van der Waals surface area contributed by atoms with Crippen LogP contribution >= 0.6 is 0 Å². The molecule has 0 aliphatic carbocycles. The van der Waals surface area contributed by atoms with Gasteiger partial charge in [-0.2, -0.15) is 5.10 Å². The Balaban J connectivity index is 2.54. The fourth-order valence-electron chi connectivity index (χ4n) is 2.10. The first kappa shape index (κ1) is 14.2. The lowest BCUT2D eigenvalue weighted by atomic mass is 9.92. The van der Waals surface area contributed by atoms with Crippen LogP contribution in [0.3, 0.4) is 0 Å². The Bertz CT molecular complexity index is 306. The SMILES string of the molecule is CCCNCC(C)C(C)c1ccnn1CCC. The number of rotatable bonds is 8. The number of aromatic nitrogens is 2. The summed E-state index contributed by atoms with van der Waals surface area (Å²) in [5.74, 6) is 1.21. The fraction of sp³-hybridized carbons (Fsp3) is 0.786. The molecule has 1 N–H and O–H groups in total. The quantitative estimate of drug-likeness (QED) is 0.704. The minimum absolute atomic E-state index is 0.563. The maximum absolute atomic E-state index is 4.40. The van der Waals surface area contributed by atoms with Gasteiger partial charge < -0.3 is 5.32 Å². The van der Waals surface area contributed by atoms with Crippen molar-refractivity contribution < 1.29 is 0 Å². The highest BCUT2D eigenvalue weighted by atomic mass is 15.3. The zero-order valence-corrected chi connectivity index (χ0v) is 11.7. The molecule has 1 rings (SSSR count). The number of nitrogens with zero attached hydrogens (tertiary/aromatic N) is 2. The Morgan fingerprint density at radius 3 is 2.71 bits per heavy atom. The van der Waals surface area contributed by atoms with Gasteiger partial charge in [-0.05, 0) is 37.9 Å². The molecule has 1 aromatic rings. The third-order valence-corrected chi connectivity index (χ3v) is 3.40. The van der Waals surface area contributed by atoms with E-state index in [4.69, 9.17) is 0 Å². The zero-order chi connectivity index (χ0) is 12.7. The molecule has 0 aromatic carbocycles. The molecule has 2 atom stereocenters. The highest BCUT2D eigenvalue weighted by Gasteiger charge is 2.17. The minimum atomic E-state index is 0.563. The van der Waals surface area contributed by atoms with Crippen LogP contribution < -0.4 is 5.32 Å². The molecule has 1 heterocycles. The summed E-state index contributed by atoms with van der Waals surface area (Å²) in [4.78, 5) is 0. The standard InChI is InChI=1S/C14H27N3/c1-5-8-15-11-12(3)13(4)14-7-9-16-17(14)10-6-2/h7,9,12-13,15H,5-6,8,10-11H2,1-4H3. The Hall–Kier alpha value is -0.830. The first-order valence-electron chi connectivity index (χ1n) is 6.93. The maximum Gasteiger partial charge on any atom is 0.0492 e. The molecule has 0 aliphatic rings. The van der Waals surface area contributed by atoms with E-state index in [2.05, 4.69) is 48.9 Å². The van der Waals surface area contributed by atoms with Crippen LogP contribution in [0.5, 0.6) is 0 Å². The lowest BCUT2D eigenvalue weighted by molar-refractivity contribution is 0.419. The predicted molar refractivity (Wildman–Crippen MR) is 73.3 cm³/mol. The Morgan fingerprint density at radius 1 is 1.29 bits per heavy atom. The minimum Gasteiger partial charge on any atom is -0.316 e. The van der Waals surface area contributed by atoms with E-state index in [-0.39, 0.29) is 0 Å². The Morgan fingerprint density at radius 2 is 2.06 bits per heavy atom. The second kappa shape index (κ2) is 7.49. The molecule has 98 valence electrons. The van der Waals surface area contributed by atoms with E-state index in [0.29, 0.717) is 11.8 Å². The Kier molecular flexibility index (Phi) is 6.27. The van der Waals surface area contributed by atoms with Gasteiger partial charge in [0, 0.05) is 24.4 Å². The molecule has 0 bridgehead atoms. The summed E-state index contributed by atoms with van der Waals surface area (Å²) in [5, 5.41) is 7.90. The molecule has 0 fully saturated rings. The average molecular weight is 237 g/mol. The van der Waals surface area contributed by atoms with Crippen molar-refractivity contribution in [3.05, 3.63) is 18.0 Å². The van der Waals surface area contributed by atoms with Crippen LogP contribution in [0, 0.1) is 5.92 Å². The van der Waals surface area contributed by atoms with E-state index >= 15 is 0 Å². The number of nitrogens with one attached hydrogen (secondary N) is 1. The molecule has 0 spiro atoms. The van der Waals surface area contributed by atoms with Crippen molar-refractivity contribution in [2.75, 3.05) is 13.1 Å². The molecule has 0 saturated carbocycles. The van der Waals surface area contributed by atoms with Crippen molar-refractivity contribution in [1.29, 1.82) is 0 Å². The topological polar surface area (TPSA) is 29.9 Å². The van der Waals surface area contributed by atoms with Crippen LogP contribution in [0.4, 0.5) is 0 Å². The molecule has 17 heavy (non-hydrogen) atoms. The second-order valence-corrected chi connectivity index (χ2v) is 4.95. The van der Waals surface area contributed by atoms with Crippen molar-refractivity contribution in [2.45, 2.75) is 53.0 Å². The van der Waals surface area contributed by atoms with Crippen LogP contribution in [0.2, 0.25) is 0 Å². The lowest BCUT2D eigenvalue weighted by Gasteiger charge is -2.21. The third-order valence-electron chi connectivity index (χ3n) is 3.40. The molecular formula is C14H27N3. The summed E-state index contributed by atoms with van der Waals surface area (Å²) < 4.78 is 2.15. The highest BCUT2D eigenvalue weighted by Crippen LogP contribution is 2.23. The van der Waals surface area contributed by atoms with E-state index < -0.39 is 0 Å². The van der Waals surface area contributed by atoms with Crippen LogP contribution in [0.15, 0.2) is 12.3 Å². The molecule has 1 aromatic heterocycles. The molecule has 0 radical (unpaired) electrons. The number of aryl methyl sites for hydroxylation is 1. The van der Waals surface area contributed by atoms with Gasteiger partial charge >= 0.3 is 0 Å². The number of hydrogen-bond donors (Lipinski definition) is 1. The Labute approximate surface area is 106 Å². The maximum atomic E-state index is 4.40. The van der Waals surface area contributed by atoms with Crippen LogP contribution in [0.1, 0.15) is 52.1 Å². The van der Waals surface area contributed by atoms with Crippen LogP contribution in [-0.4, -0.2) is 22.9 Å². The van der Waals surface area contributed by atoms with E-state index in [1.54, 1.807) is 0 Å². The third kappa shape index (κ3) is 4.15. The lowest BCUT2D eigenvalue weighted by Crippen LogP contribution is -2.26. The average Bonchev–Trinajstić information content (AvgIpc) is 2.77. The van der Waals surface area contributed by atoms with Crippen LogP contribution in [-0.2, 0) is 6.54 Å². The monoisotopic (exact) mass is 237 g/mol. The zero-order valence-electron chi connectivity index (χ0n) is 11.7. The first-order chi connectivity index (χ1) is 8.20. The summed E-state index contributed by atoms with van der Waals surface area (Å²) in [6.07, 6.45) is 4.27. The molecule has 3 nitrogen and oxygen atoms in total.